The third kappa shape index (κ3) is 3.62. The van der Waals surface area contributed by atoms with E-state index >= 15 is 0 Å². The van der Waals surface area contributed by atoms with E-state index in [-0.39, 0.29) is 5.56 Å². The van der Waals surface area contributed by atoms with Crippen LogP contribution in [0, 0.1) is 0 Å². The van der Waals surface area contributed by atoms with Gasteiger partial charge in [0.05, 0.1) is 11.3 Å². The summed E-state index contributed by atoms with van der Waals surface area (Å²) < 4.78 is 0. The Kier molecular flexibility index (Phi) is 4.25. The maximum Gasteiger partial charge on any atom is 0.252 e. The highest BCUT2D eigenvalue weighted by molar-refractivity contribution is 7.80. The number of benzene rings is 1. The molecule has 0 radical (unpaired) electrons. The molecule has 2 aromatic rings. The molecule has 0 unspecified atom stereocenters. The number of H-pyrrole nitrogens is 1. The van der Waals surface area contributed by atoms with Crippen molar-refractivity contribution < 1.29 is 0 Å². The molecule has 98 valence electrons. The quantitative estimate of drug-likeness (QED) is 0.810. The van der Waals surface area contributed by atoms with Crippen LogP contribution in [-0.4, -0.2) is 21.5 Å². The highest BCUT2D eigenvalue weighted by atomic mass is 32.1. The lowest BCUT2D eigenvalue weighted by atomic mass is 10.2. The van der Waals surface area contributed by atoms with Crippen molar-refractivity contribution in [1.29, 1.82) is 0 Å². The minimum Gasteiger partial charge on any atom is -0.393 e. The fraction of sp³-hybridized carbons (Fsp3) is 0.154. The molecule has 0 bridgehead atoms. The first-order valence-electron chi connectivity index (χ1n) is 5.82. The molecule has 0 aliphatic rings. The van der Waals surface area contributed by atoms with E-state index in [4.69, 9.17) is 18.0 Å². The molecule has 5 nitrogen and oxygen atoms in total. The van der Waals surface area contributed by atoms with Gasteiger partial charge in [-0.2, -0.15) is 0 Å². The van der Waals surface area contributed by atoms with Crippen molar-refractivity contribution in [2.45, 2.75) is 6.42 Å². The molecule has 2 rings (SSSR count). The maximum atomic E-state index is 11.4. The van der Waals surface area contributed by atoms with E-state index in [1.807, 2.05) is 35.2 Å². The Labute approximate surface area is 116 Å². The van der Waals surface area contributed by atoms with Gasteiger partial charge < -0.3 is 15.6 Å². The zero-order valence-electron chi connectivity index (χ0n) is 10.2. The highest BCUT2D eigenvalue weighted by Gasteiger charge is 2.11. The molecule has 3 N–H and O–H groups in total. The average Bonchev–Trinajstić information content (AvgIpc) is 2.40. The molecular weight excluding hydrogens is 260 g/mol. The Morgan fingerprint density at radius 2 is 2.11 bits per heavy atom. The number of nitrogens with zero attached hydrogens (tertiary/aromatic N) is 2. The van der Waals surface area contributed by atoms with Gasteiger partial charge in [0.25, 0.3) is 5.56 Å². The first-order chi connectivity index (χ1) is 9.16. The van der Waals surface area contributed by atoms with Crippen molar-refractivity contribution in [3.05, 3.63) is 53.1 Å². The molecule has 0 aliphatic heterocycles. The van der Waals surface area contributed by atoms with E-state index in [0.717, 1.165) is 5.69 Å². The number of aromatic amines is 1. The molecule has 1 aromatic heterocycles. The van der Waals surface area contributed by atoms with E-state index in [0.29, 0.717) is 23.8 Å². The minimum absolute atomic E-state index is 0.193. The van der Waals surface area contributed by atoms with Gasteiger partial charge in [0.2, 0.25) is 0 Å². The lowest BCUT2D eigenvalue weighted by Gasteiger charge is -2.23. The number of thiocarbonyl (C=S) groups is 1. The zero-order chi connectivity index (χ0) is 13.7. The first kappa shape index (κ1) is 13.2. The Hall–Kier alpha value is -2.21. The number of rotatable bonds is 5. The molecule has 0 saturated carbocycles. The molecule has 19 heavy (non-hydrogen) atoms. The van der Waals surface area contributed by atoms with Crippen LogP contribution in [0.15, 0.2) is 47.5 Å². The Morgan fingerprint density at radius 3 is 2.74 bits per heavy atom. The summed E-state index contributed by atoms with van der Waals surface area (Å²) in [6.07, 6.45) is 1.94. The SMILES string of the molecule is NC(=S)CCN(c1ccccc1)c1cc(=O)[nH]cn1. The fourth-order valence-corrected chi connectivity index (χ4v) is 1.80. The number of hydrogen-bond donors (Lipinski definition) is 2. The summed E-state index contributed by atoms with van der Waals surface area (Å²) in [4.78, 5) is 20.4. The molecule has 0 aliphatic carbocycles. The van der Waals surface area contributed by atoms with Crippen LogP contribution < -0.4 is 16.2 Å². The van der Waals surface area contributed by atoms with Crippen LogP contribution in [0.2, 0.25) is 0 Å². The number of para-hydroxylation sites is 1. The number of aromatic nitrogens is 2. The summed E-state index contributed by atoms with van der Waals surface area (Å²) in [7, 11) is 0. The van der Waals surface area contributed by atoms with Crippen LogP contribution in [0.5, 0.6) is 0 Å². The Morgan fingerprint density at radius 1 is 1.37 bits per heavy atom. The zero-order valence-corrected chi connectivity index (χ0v) is 11.1. The number of nitrogens with one attached hydrogen (secondary N) is 1. The van der Waals surface area contributed by atoms with Crippen LogP contribution >= 0.6 is 12.2 Å². The number of anilines is 2. The normalized spacial score (nSPS) is 10.1. The van der Waals surface area contributed by atoms with E-state index in [1.54, 1.807) is 0 Å². The molecule has 0 spiro atoms. The third-order valence-corrected chi connectivity index (χ3v) is 2.79. The van der Waals surface area contributed by atoms with Gasteiger partial charge in [-0.15, -0.1) is 0 Å². The Balaban J connectivity index is 2.34. The van der Waals surface area contributed by atoms with Gasteiger partial charge >= 0.3 is 0 Å². The van der Waals surface area contributed by atoms with Gasteiger partial charge in [0, 0.05) is 24.7 Å². The molecule has 0 fully saturated rings. The largest absolute Gasteiger partial charge is 0.393 e. The van der Waals surface area contributed by atoms with Crippen molar-refractivity contribution >= 4 is 28.7 Å². The predicted octanol–water partition coefficient (Wildman–Crippen LogP) is 1.58. The van der Waals surface area contributed by atoms with Gasteiger partial charge in [-0.05, 0) is 12.1 Å². The summed E-state index contributed by atoms with van der Waals surface area (Å²) in [5.41, 5.74) is 6.29. The monoisotopic (exact) mass is 274 g/mol. The van der Waals surface area contributed by atoms with Crippen molar-refractivity contribution in [2.75, 3.05) is 11.4 Å². The number of nitrogens with two attached hydrogens (primary N) is 1. The van der Waals surface area contributed by atoms with E-state index in [9.17, 15) is 4.79 Å². The summed E-state index contributed by atoms with van der Waals surface area (Å²) in [6.45, 7) is 0.579. The standard InChI is InChI=1S/C13H14N4OS/c14-11(19)6-7-17(10-4-2-1-3-5-10)12-8-13(18)16-9-15-12/h1-5,8-9H,6-7H2,(H2,14,19)(H,15,16,18). The van der Waals surface area contributed by atoms with Crippen LogP contribution in [0.3, 0.4) is 0 Å². The smallest absolute Gasteiger partial charge is 0.252 e. The fourth-order valence-electron chi connectivity index (χ4n) is 1.71. The van der Waals surface area contributed by atoms with Gasteiger partial charge in [0.1, 0.15) is 5.82 Å². The lowest BCUT2D eigenvalue weighted by molar-refractivity contribution is 0.930. The molecule has 0 amide bonds. The average molecular weight is 274 g/mol. The summed E-state index contributed by atoms with van der Waals surface area (Å²) in [5.74, 6) is 0.575. The third-order valence-electron chi connectivity index (χ3n) is 2.59. The van der Waals surface area contributed by atoms with Gasteiger partial charge in [-0.25, -0.2) is 4.98 Å². The van der Waals surface area contributed by atoms with Gasteiger partial charge in [0.15, 0.2) is 0 Å². The van der Waals surface area contributed by atoms with Crippen molar-refractivity contribution in [2.24, 2.45) is 5.73 Å². The molecule has 1 heterocycles. The van der Waals surface area contributed by atoms with E-state index < -0.39 is 0 Å². The molecule has 6 heteroatoms. The van der Waals surface area contributed by atoms with Crippen molar-refractivity contribution in [3.8, 4) is 0 Å². The molecular formula is C13H14N4OS. The first-order valence-corrected chi connectivity index (χ1v) is 6.23. The predicted molar refractivity (Wildman–Crippen MR) is 79.7 cm³/mol. The maximum absolute atomic E-state index is 11.4. The minimum atomic E-state index is -0.193. The van der Waals surface area contributed by atoms with Crippen LogP contribution in [0.4, 0.5) is 11.5 Å². The molecule has 0 atom stereocenters. The summed E-state index contributed by atoms with van der Waals surface area (Å²) in [5, 5.41) is 0. The van der Waals surface area contributed by atoms with Crippen molar-refractivity contribution in [1.82, 2.24) is 9.97 Å². The lowest BCUT2D eigenvalue weighted by Crippen LogP contribution is -2.25. The second kappa shape index (κ2) is 6.10. The topological polar surface area (TPSA) is 75.0 Å². The van der Waals surface area contributed by atoms with Crippen LogP contribution in [0.1, 0.15) is 6.42 Å². The van der Waals surface area contributed by atoms with Crippen LogP contribution in [0.25, 0.3) is 0 Å². The van der Waals surface area contributed by atoms with E-state index in [2.05, 4.69) is 9.97 Å². The second-order valence-corrected chi connectivity index (χ2v) is 4.50. The molecule has 0 saturated heterocycles. The van der Waals surface area contributed by atoms with Gasteiger partial charge in [-0.3, -0.25) is 4.79 Å². The van der Waals surface area contributed by atoms with Gasteiger partial charge in [-0.1, -0.05) is 30.4 Å². The number of hydrogen-bond acceptors (Lipinski definition) is 4. The summed E-state index contributed by atoms with van der Waals surface area (Å²) in [6, 6.07) is 11.1. The Bertz CT molecular complexity index is 611. The van der Waals surface area contributed by atoms with Crippen molar-refractivity contribution in [3.63, 3.8) is 0 Å². The summed E-state index contributed by atoms with van der Waals surface area (Å²) >= 11 is 4.90. The molecule has 1 aromatic carbocycles. The van der Waals surface area contributed by atoms with Crippen LogP contribution in [-0.2, 0) is 0 Å². The van der Waals surface area contributed by atoms with E-state index in [1.165, 1.54) is 12.4 Å². The highest BCUT2D eigenvalue weighted by Crippen LogP contribution is 2.21. The second-order valence-electron chi connectivity index (χ2n) is 3.97.